The van der Waals surface area contributed by atoms with Gasteiger partial charge in [0.1, 0.15) is 19.8 Å². The third kappa shape index (κ3) is 61.1. The van der Waals surface area contributed by atoms with Gasteiger partial charge in [-0.05, 0) is 116 Å². The van der Waals surface area contributed by atoms with Crippen LogP contribution in [0.1, 0.15) is 219 Å². The Kier molecular flexibility index (Phi) is 54.5. The number of phosphoric ester groups is 1. The summed E-state index contributed by atoms with van der Waals surface area (Å²) in [5, 5.41) is 0. The maximum atomic E-state index is 12.8. The van der Waals surface area contributed by atoms with Crippen LogP contribution < -0.4 is 4.89 Å². The van der Waals surface area contributed by atoms with Crippen molar-refractivity contribution in [2.24, 2.45) is 0 Å². The highest BCUT2D eigenvalue weighted by Gasteiger charge is 2.21. The molecule has 0 bridgehead atoms. The second-order valence-corrected chi connectivity index (χ2v) is 22.4. The summed E-state index contributed by atoms with van der Waals surface area (Å²) in [6.07, 6.45) is 84.8. The van der Waals surface area contributed by atoms with Gasteiger partial charge in [0.05, 0.1) is 27.7 Å². The molecule has 0 heterocycles. The normalized spacial score (nSPS) is 14.3. The average Bonchev–Trinajstić information content (AvgIpc) is 3.41. The van der Waals surface area contributed by atoms with Crippen molar-refractivity contribution in [2.75, 3.05) is 47.5 Å². The monoisotopic (exact) mass is 1100 g/mol. The number of esters is 2. The lowest BCUT2D eigenvalue weighted by Gasteiger charge is -2.28. The molecule has 9 nitrogen and oxygen atoms in total. The van der Waals surface area contributed by atoms with E-state index in [-0.39, 0.29) is 26.1 Å². The summed E-state index contributed by atoms with van der Waals surface area (Å²) >= 11 is 0. The van der Waals surface area contributed by atoms with Crippen LogP contribution in [0.2, 0.25) is 0 Å². The van der Waals surface area contributed by atoms with E-state index in [2.05, 4.69) is 160 Å². The standard InChI is InChI=1S/C68H112NO8P/c1-6-8-10-12-14-16-18-20-22-24-26-28-29-30-31-32-33-34-35-36-37-38-39-41-43-45-47-49-51-53-55-57-59-61-68(71)77-66(65-76-78(72,73)75-63-62-69(3,4)5)64-74-67(70)60-58-56-54-52-50-48-46-44-42-40-27-25-23-21-19-17-15-13-11-9-7-2/h8-11,14-17,20-23,26-28,30-31,33-34,40,44,46,50,52,66H,6-7,12-13,18-19,24-25,29,32,35-39,41-43,45,47-49,51,53-65H2,1-5H3/b10-8-,11-9-,16-14-,17-15-,22-20-,23-21-,28-26-,31-30-,34-33-,40-27-,46-44-,52-50-. The van der Waals surface area contributed by atoms with Gasteiger partial charge < -0.3 is 27.9 Å². The SMILES string of the molecule is CC/C=C\C/C=C\C/C=C\C/C=C\C/C=C\C/C=C\CCCCCCCCCCCCCCCCC(=O)OC(COC(=O)CCCC/C=C\C/C=C\C/C=C\C/C=C\C/C=C\C/C=C\CC)COP(=O)([O-])OCC[N+](C)(C)C. The van der Waals surface area contributed by atoms with Crippen LogP contribution in [-0.2, 0) is 32.7 Å². The average molecular weight is 1100 g/mol. The minimum Gasteiger partial charge on any atom is -0.756 e. The molecule has 2 atom stereocenters. The smallest absolute Gasteiger partial charge is 0.306 e. The Morgan fingerprint density at radius 1 is 0.397 bits per heavy atom. The Morgan fingerprint density at radius 3 is 1.05 bits per heavy atom. The topological polar surface area (TPSA) is 111 Å². The number of likely N-dealkylation sites (N-methyl/N-ethyl adjacent to an activating group) is 1. The lowest BCUT2D eigenvalue weighted by atomic mass is 10.0. The van der Waals surface area contributed by atoms with Gasteiger partial charge in [-0.25, -0.2) is 0 Å². The summed E-state index contributed by atoms with van der Waals surface area (Å²) in [5.74, 6) is -0.894. The lowest BCUT2D eigenvalue weighted by molar-refractivity contribution is -0.870. The third-order valence-corrected chi connectivity index (χ3v) is 13.3. The van der Waals surface area contributed by atoms with Crippen LogP contribution in [0.4, 0.5) is 0 Å². The molecule has 0 aromatic heterocycles. The molecule has 0 aliphatic rings. The first-order chi connectivity index (χ1) is 38.0. The molecule has 0 aliphatic heterocycles. The van der Waals surface area contributed by atoms with Gasteiger partial charge in [-0.15, -0.1) is 0 Å². The highest BCUT2D eigenvalue weighted by molar-refractivity contribution is 7.45. The van der Waals surface area contributed by atoms with Gasteiger partial charge in [-0.2, -0.15) is 0 Å². The fourth-order valence-electron chi connectivity index (χ4n) is 7.72. The quantitative estimate of drug-likeness (QED) is 0.0195. The van der Waals surface area contributed by atoms with Crippen molar-refractivity contribution >= 4 is 19.8 Å². The minimum atomic E-state index is -4.66. The van der Waals surface area contributed by atoms with E-state index in [0.29, 0.717) is 23.9 Å². The van der Waals surface area contributed by atoms with Gasteiger partial charge >= 0.3 is 11.9 Å². The van der Waals surface area contributed by atoms with Gasteiger partial charge in [0.15, 0.2) is 6.10 Å². The first kappa shape index (κ1) is 73.9. The van der Waals surface area contributed by atoms with E-state index in [4.69, 9.17) is 18.5 Å². The molecule has 0 amide bonds. The summed E-state index contributed by atoms with van der Waals surface area (Å²) in [4.78, 5) is 37.9. The zero-order valence-electron chi connectivity index (χ0n) is 50.1. The van der Waals surface area contributed by atoms with Crippen LogP contribution in [-0.4, -0.2) is 70.0 Å². The van der Waals surface area contributed by atoms with E-state index in [1.165, 1.54) is 70.6 Å². The predicted octanol–water partition coefficient (Wildman–Crippen LogP) is 18.8. The van der Waals surface area contributed by atoms with E-state index in [1.54, 1.807) is 0 Å². The van der Waals surface area contributed by atoms with Crippen molar-refractivity contribution in [3.8, 4) is 0 Å². The van der Waals surface area contributed by atoms with Crippen molar-refractivity contribution in [3.63, 3.8) is 0 Å². The van der Waals surface area contributed by atoms with E-state index in [0.717, 1.165) is 109 Å². The van der Waals surface area contributed by atoms with E-state index < -0.39 is 32.5 Å². The van der Waals surface area contributed by atoms with Crippen molar-refractivity contribution in [1.82, 2.24) is 0 Å². The molecule has 0 N–H and O–H groups in total. The molecule has 0 radical (unpaired) electrons. The van der Waals surface area contributed by atoms with Crippen molar-refractivity contribution < 1.29 is 42.1 Å². The van der Waals surface area contributed by atoms with Crippen molar-refractivity contribution in [3.05, 3.63) is 146 Å². The van der Waals surface area contributed by atoms with Crippen LogP contribution in [0.25, 0.3) is 0 Å². The number of unbranched alkanes of at least 4 members (excludes halogenated alkanes) is 16. The first-order valence-corrected chi connectivity index (χ1v) is 32.0. The summed E-state index contributed by atoms with van der Waals surface area (Å²) in [5.41, 5.74) is 0. The van der Waals surface area contributed by atoms with Crippen LogP contribution in [0.15, 0.2) is 146 Å². The zero-order chi connectivity index (χ0) is 57.0. The molecule has 2 unspecified atom stereocenters. The lowest BCUT2D eigenvalue weighted by Crippen LogP contribution is -2.37. The molecule has 0 aromatic carbocycles. The van der Waals surface area contributed by atoms with Crippen LogP contribution in [0.3, 0.4) is 0 Å². The number of rotatable bonds is 54. The number of phosphoric acid groups is 1. The molecule has 442 valence electrons. The number of carbonyl (C=O) groups is 2. The first-order valence-electron chi connectivity index (χ1n) is 30.5. The maximum Gasteiger partial charge on any atom is 0.306 e. The fraction of sp³-hybridized carbons (Fsp3) is 0.618. The molecule has 0 aliphatic carbocycles. The Balaban J connectivity index is 4.19. The van der Waals surface area contributed by atoms with Gasteiger partial charge in [0, 0.05) is 12.8 Å². The van der Waals surface area contributed by atoms with Gasteiger partial charge in [0.2, 0.25) is 0 Å². The van der Waals surface area contributed by atoms with E-state index >= 15 is 0 Å². The number of allylic oxidation sites excluding steroid dienone is 24. The van der Waals surface area contributed by atoms with Crippen molar-refractivity contribution in [1.29, 1.82) is 0 Å². The Bertz CT molecular complexity index is 1820. The third-order valence-electron chi connectivity index (χ3n) is 12.4. The zero-order valence-corrected chi connectivity index (χ0v) is 50.9. The van der Waals surface area contributed by atoms with Gasteiger partial charge in [-0.1, -0.05) is 237 Å². The highest BCUT2D eigenvalue weighted by atomic mass is 31.2. The van der Waals surface area contributed by atoms with Crippen LogP contribution in [0.5, 0.6) is 0 Å². The highest BCUT2D eigenvalue weighted by Crippen LogP contribution is 2.38. The summed E-state index contributed by atoms with van der Waals surface area (Å²) < 4.78 is 34.1. The predicted molar refractivity (Wildman–Crippen MR) is 332 cm³/mol. The number of hydrogen-bond donors (Lipinski definition) is 0. The number of nitrogens with zero attached hydrogens (tertiary/aromatic N) is 1. The Labute approximate surface area is 478 Å². The molecular formula is C68H112NO8P. The van der Waals surface area contributed by atoms with E-state index in [9.17, 15) is 19.0 Å². The Hall–Kier alpha value is -4.11. The summed E-state index contributed by atoms with van der Waals surface area (Å²) in [7, 11) is 1.12. The molecule has 78 heavy (non-hydrogen) atoms. The molecule has 0 rings (SSSR count). The number of quaternary nitrogens is 1. The molecule has 0 saturated carbocycles. The summed E-state index contributed by atoms with van der Waals surface area (Å²) in [6, 6.07) is 0. The largest absolute Gasteiger partial charge is 0.756 e. The van der Waals surface area contributed by atoms with Crippen molar-refractivity contribution in [2.45, 2.75) is 225 Å². The molecular weight excluding hydrogens is 990 g/mol. The summed E-state index contributed by atoms with van der Waals surface area (Å²) in [6.45, 7) is 3.94. The number of carbonyl (C=O) groups excluding carboxylic acids is 2. The second kappa shape index (κ2) is 57.6. The van der Waals surface area contributed by atoms with Gasteiger partial charge in [0.25, 0.3) is 7.82 Å². The molecule has 10 heteroatoms. The number of hydrogen-bond acceptors (Lipinski definition) is 8. The molecule has 0 aromatic rings. The molecule has 0 spiro atoms. The minimum absolute atomic E-state index is 0.0456. The van der Waals surface area contributed by atoms with E-state index in [1.807, 2.05) is 21.1 Å². The molecule has 0 fully saturated rings. The second-order valence-electron chi connectivity index (χ2n) is 20.9. The Morgan fingerprint density at radius 2 is 0.692 bits per heavy atom. The fourth-order valence-corrected chi connectivity index (χ4v) is 8.45. The van der Waals surface area contributed by atoms with Gasteiger partial charge in [-0.3, -0.25) is 14.2 Å². The molecule has 0 saturated heterocycles. The van der Waals surface area contributed by atoms with Crippen LogP contribution >= 0.6 is 7.82 Å². The maximum absolute atomic E-state index is 12.8. The van der Waals surface area contributed by atoms with Crippen LogP contribution in [0, 0.1) is 0 Å². The number of ether oxygens (including phenoxy) is 2.